The first-order chi connectivity index (χ1) is 16.7. The molecule has 0 spiro atoms. The van der Waals surface area contributed by atoms with Crippen molar-refractivity contribution < 1.29 is 14.3 Å². The fourth-order valence-electron chi connectivity index (χ4n) is 3.75. The highest BCUT2D eigenvalue weighted by Gasteiger charge is 2.12. The molecule has 1 N–H and O–H groups in total. The van der Waals surface area contributed by atoms with Crippen LogP contribution in [0, 0.1) is 0 Å². The largest absolute Gasteiger partial charge is 0.423 e. The molecule has 0 aliphatic rings. The summed E-state index contributed by atoms with van der Waals surface area (Å²) in [6, 6.07) is 33.5. The normalized spacial score (nSPS) is 11.1. The van der Waals surface area contributed by atoms with Gasteiger partial charge in [0.1, 0.15) is 5.75 Å². The van der Waals surface area contributed by atoms with Gasteiger partial charge in [0.05, 0.1) is 11.8 Å². The Kier molecular flexibility index (Phi) is 5.82. The molecule has 164 valence electrons. The van der Waals surface area contributed by atoms with Crippen molar-refractivity contribution in [2.45, 2.75) is 0 Å². The number of rotatable bonds is 5. The third kappa shape index (κ3) is 4.54. The monoisotopic (exact) mass is 444 g/mol. The molecule has 0 unspecified atom stereocenters. The molecule has 5 nitrogen and oxygen atoms in total. The molecule has 5 aromatic carbocycles. The predicted molar refractivity (Wildman–Crippen MR) is 134 cm³/mol. The van der Waals surface area contributed by atoms with Crippen molar-refractivity contribution in [1.29, 1.82) is 0 Å². The lowest BCUT2D eigenvalue weighted by atomic mass is 10.0. The number of hydrazone groups is 1. The number of hydrogen-bond acceptors (Lipinski definition) is 4. The highest BCUT2D eigenvalue weighted by molar-refractivity contribution is 6.05. The van der Waals surface area contributed by atoms with Gasteiger partial charge in [-0.3, -0.25) is 4.79 Å². The number of carbonyl (C=O) groups excluding carboxylic acids is 2. The molecule has 0 radical (unpaired) electrons. The molecule has 0 fully saturated rings. The van der Waals surface area contributed by atoms with Gasteiger partial charge in [-0.15, -0.1) is 0 Å². The second-order valence-electron chi connectivity index (χ2n) is 7.75. The fourth-order valence-corrected chi connectivity index (χ4v) is 3.75. The number of nitrogens with one attached hydrogen (secondary N) is 1. The summed E-state index contributed by atoms with van der Waals surface area (Å²) < 4.78 is 5.55. The van der Waals surface area contributed by atoms with E-state index in [1.54, 1.807) is 36.4 Å². The first kappa shape index (κ1) is 21.1. The van der Waals surface area contributed by atoms with Gasteiger partial charge in [-0.05, 0) is 69.6 Å². The minimum atomic E-state index is -0.416. The van der Waals surface area contributed by atoms with Crippen LogP contribution < -0.4 is 10.2 Å². The molecule has 0 aliphatic heterocycles. The Bertz CT molecular complexity index is 1530. The van der Waals surface area contributed by atoms with Crippen LogP contribution in [0.2, 0.25) is 0 Å². The molecule has 0 bridgehead atoms. The minimum Gasteiger partial charge on any atom is -0.423 e. The molecule has 0 aromatic heterocycles. The Hall–Kier alpha value is -4.77. The summed E-state index contributed by atoms with van der Waals surface area (Å²) >= 11 is 0. The topological polar surface area (TPSA) is 67.8 Å². The molecule has 0 saturated heterocycles. The first-order valence-corrected chi connectivity index (χ1v) is 10.8. The molecule has 0 aliphatic carbocycles. The van der Waals surface area contributed by atoms with E-state index >= 15 is 0 Å². The van der Waals surface area contributed by atoms with Crippen LogP contribution in [0.1, 0.15) is 26.3 Å². The van der Waals surface area contributed by atoms with Crippen LogP contribution in [-0.4, -0.2) is 18.1 Å². The quantitative estimate of drug-likeness (QED) is 0.157. The van der Waals surface area contributed by atoms with E-state index in [0.29, 0.717) is 16.9 Å². The lowest BCUT2D eigenvalue weighted by Crippen LogP contribution is -2.17. The van der Waals surface area contributed by atoms with Gasteiger partial charge in [-0.25, -0.2) is 10.2 Å². The molecule has 1 amide bonds. The lowest BCUT2D eigenvalue weighted by molar-refractivity contribution is 0.0736. The summed E-state index contributed by atoms with van der Waals surface area (Å²) in [4.78, 5) is 25.1. The van der Waals surface area contributed by atoms with E-state index in [1.807, 2.05) is 72.8 Å². The van der Waals surface area contributed by atoms with Gasteiger partial charge in [0.25, 0.3) is 5.91 Å². The van der Waals surface area contributed by atoms with Gasteiger partial charge >= 0.3 is 5.97 Å². The van der Waals surface area contributed by atoms with E-state index in [0.717, 1.165) is 27.1 Å². The summed E-state index contributed by atoms with van der Waals surface area (Å²) in [6.07, 6.45) is 1.54. The average molecular weight is 444 g/mol. The number of ether oxygens (including phenoxy) is 1. The standard InChI is InChI=1S/C29H20N2O3/c32-28(24-15-14-21-6-1-2-8-23(21)18-24)31-30-19-20-12-16-25(17-13-20)34-29(33)27-11-5-9-22-7-3-4-10-26(22)27/h1-19H,(H,31,32)/b30-19-. The van der Waals surface area contributed by atoms with Gasteiger partial charge in [-0.2, -0.15) is 5.10 Å². The van der Waals surface area contributed by atoms with Crippen molar-refractivity contribution in [3.8, 4) is 5.75 Å². The maximum atomic E-state index is 12.7. The zero-order chi connectivity index (χ0) is 23.3. The van der Waals surface area contributed by atoms with Crippen LogP contribution in [0.3, 0.4) is 0 Å². The van der Waals surface area contributed by atoms with Crippen molar-refractivity contribution in [1.82, 2.24) is 5.43 Å². The van der Waals surface area contributed by atoms with Crippen LogP contribution in [0.15, 0.2) is 114 Å². The highest BCUT2D eigenvalue weighted by Crippen LogP contribution is 2.21. The van der Waals surface area contributed by atoms with Gasteiger partial charge in [0.2, 0.25) is 0 Å². The molecule has 34 heavy (non-hydrogen) atoms. The Morgan fingerprint density at radius 1 is 0.706 bits per heavy atom. The Morgan fingerprint density at radius 2 is 1.41 bits per heavy atom. The van der Waals surface area contributed by atoms with E-state index in [4.69, 9.17) is 4.74 Å². The van der Waals surface area contributed by atoms with Gasteiger partial charge in [0, 0.05) is 5.56 Å². The van der Waals surface area contributed by atoms with Crippen molar-refractivity contribution >= 4 is 39.6 Å². The first-order valence-electron chi connectivity index (χ1n) is 10.8. The van der Waals surface area contributed by atoms with Crippen LogP contribution in [0.4, 0.5) is 0 Å². The van der Waals surface area contributed by atoms with Crippen molar-refractivity contribution in [3.63, 3.8) is 0 Å². The number of amides is 1. The number of esters is 1. The third-order valence-corrected chi connectivity index (χ3v) is 5.49. The van der Waals surface area contributed by atoms with E-state index in [1.165, 1.54) is 6.21 Å². The van der Waals surface area contributed by atoms with Gasteiger partial charge in [-0.1, -0.05) is 66.7 Å². The molecular formula is C29H20N2O3. The summed E-state index contributed by atoms with van der Waals surface area (Å²) in [7, 11) is 0. The number of hydrogen-bond donors (Lipinski definition) is 1. The highest BCUT2D eigenvalue weighted by atomic mass is 16.5. The Labute approximate surface area is 196 Å². The molecule has 0 saturated carbocycles. The summed E-state index contributed by atoms with van der Waals surface area (Å²) in [5, 5.41) is 7.93. The van der Waals surface area contributed by atoms with Gasteiger partial charge < -0.3 is 4.74 Å². The molecule has 5 aromatic rings. The average Bonchev–Trinajstić information content (AvgIpc) is 2.89. The van der Waals surface area contributed by atoms with Crippen molar-refractivity contribution in [2.24, 2.45) is 5.10 Å². The second-order valence-corrected chi connectivity index (χ2v) is 7.75. The number of fused-ring (bicyclic) bond motifs is 2. The molecule has 0 heterocycles. The number of benzene rings is 5. The molecular weight excluding hydrogens is 424 g/mol. The maximum Gasteiger partial charge on any atom is 0.344 e. The zero-order valence-electron chi connectivity index (χ0n) is 18.1. The smallest absolute Gasteiger partial charge is 0.344 e. The summed E-state index contributed by atoms with van der Waals surface area (Å²) in [6.45, 7) is 0. The number of nitrogens with zero attached hydrogens (tertiary/aromatic N) is 1. The molecule has 5 heteroatoms. The fraction of sp³-hybridized carbons (Fsp3) is 0. The predicted octanol–water partition coefficient (Wildman–Crippen LogP) is 5.98. The van der Waals surface area contributed by atoms with E-state index in [9.17, 15) is 9.59 Å². The summed E-state index contributed by atoms with van der Waals surface area (Å²) in [5.74, 6) is -0.279. The van der Waals surface area contributed by atoms with Crippen LogP contribution in [-0.2, 0) is 0 Å². The molecule has 0 atom stereocenters. The SMILES string of the molecule is O=C(N/N=C\c1ccc(OC(=O)c2cccc3ccccc23)cc1)c1ccc2ccccc2c1. The minimum absolute atomic E-state index is 0.289. The Balaban J connectivity index is 1.22. The van der Waals surface area contributed by atoms with Crippen LogP contribution in [0.5, 0.6) is 5.75 Å². The number of carbonyl (C=O) groups is 2. The molecule has 5 rings (SSSR count). The zero-order valence-corrected chi connectivity index (χ0v) is 18.1. The van der Waals surface area contributed by atoms with Gasteiger partial charge in [0.15, 0.2) is 0 Å². The third-order valence-electron chi connectivity index (χ3n) is 5.49. The van der Waals surface area contributed by atoms with Crippen molar-refractivity contribution in [2.75, 3.05) is 0 Å². The lowest BCUT2D eigenvalue weighted by Gasteiger charge is -2.07. The van der Waals surface area contributed by atoms with Crippen molar-refractivity contribution in [3.05, 3.63) is 126 Å². The van der Waals surface area contributed by atoms with E-state index in [-0.39, 0.29) is 5.91 Å². The summed E-state index contributed by atoms with van der Waals surface area (Å²) in [5.41, 5.74) is 4.34. The Morgan fingerprint density at radius 3 is 2.24 bits per heavy atom. The van der Waals surface area contributed by atoms with E-state index in [2.05, 4.69) is 10.5 Å². The van der Waals surface area contributed by atoms with E-state index < -0.39 is 5.97 Å². The van der Waals surface area contributed by atoms with Crippen LogP contribution in [0.25, 0.3) is 21.5 Å². The second kappa shape index (κ2) is 9.38. The maximum absolute atomic E-state index is 12.7. The van der Waals surface area contributed by atoms with Crippen LogP contribution >= 0.6 is 0 Å².